The Labute approximate surface area is 158 Å². The van der Waals surface area contributed by atoms with Gasteiger partial charge in [-0.25, -0.2) is 0 Å². The Kier molecular flexibility index (Phi) is 5.94. The van der Waals surface area contributed by atoms with Crippen molar-refractivity contribution >= 4 is 11.6 Å². The summed E-state index contributed by atoms with van der Waals surface area (Å²) in [7, 11) is 3.20. The Morgan fingerprint density at radius 2 is 1.59 bits per heavy atom. The van der Waals surface area contributed by atoms with E-state index in [1.807, 2.05) is 30.3 Å². The van der Waals surface area contributed by atoms with Gasteiger partial charge in [-0.3, -0.25) is 4.79 Å². The topological polar surface area (TPSA) is 56.8 Å². The maximum atomic E-state index is 12.6. The average Bonchev–Trinajstić information content (AvgIpc) is 2.73. The van der Waals surface area contributed by atoms with Crippen LogP contribution in [0.25, 0.3) is 0 Å². The third kappa shape index (κ3) is 4.79. The number of ether oxygens (including phenoxy) is 3. The van der Waals surface area contributed by atoms with Crippen molar-refractivity contribution in [3.8, 4) is 17.2 Å². The minimum absolute atomic E-state index is 0.205. The molecule has 0 spiro atoms. The molecule has 3 aromatic carbocycles. The highest BCUT2D eigenvalue weighted by Gasteiger charge is 2.11. The SMILES string of the molecule is COc1ccc(NC(=O)c2ccc(OC)c(COc3ccccc3)c2)cc1. The number of benzene rings is 3. The molecule has 0 atom stereocenters. The Balaban J connectivity index is 1.73. The van der Waals surface area contributed by atoms with Crippen molar-refractivity contribution in [2.24, 2.45) is 0 Å². The molecule has 0 unspecified atom stereocenters. The van der Waals surface area contributed by atoms with Crippen molar-refractivity contribution in [1.29, 1.82) is 0 Å². The summed E-state index contributed by atoms with van der Waals surface area (Å²) < 4.78 is 16.3. The molecule has 0 saturated heterocycles. The van der Waals surface area contributed by atoms with Crippen LogP contribution in [0.2, 0.25) is 0 Å². The molecule has 0 bridgehead atoms. The highest BCUT2D eigenvalue weighted by atomic mass is 16.5. The van der Waals surface area contributed by atoms with Gasteiger partial charge in [0.25, 0.3) is 5.91 Å². The van der Waals surface area contributed by atoms with Gasteiger partial charge in [-0.15, -0.1) is 0 Å². The Morgan fingerprint density at radius 3 is 2.26 bits per heavy atom. The Morgan fingerprint density at radius 1 is 0.852 bits per heavy atom. The molecule has 0 fully saturated rings. The zero-order chi connectivity index (χ0) is 19.1. The van der Waals surface area contributed by atoms with E-state index in [0.29, 0.717) is 23.6 Å². The van der Waals surface area contributed by atoms with Gasteiger partial charge in [-0.1, -0.05) is 18.2 Å². The second-order valence-electron chi connectivity index (χ2n) is 5.81. The molecule has 0 heterocycles. The van der Waals surface area contributed by atoms with Gasteiger partial charge in [0.15, 0.2) is 0 Å². The predicted octanol–water partition coefficient (Wildman–Crippen LogP) is 4.54. The van der Waals surface area contributed by atoms with E-state index in [0.717, 1.165) is 17.1 Å². The molecule has 1 amide bonds. The molecule has 3 rings (SSSR count). The fourth-order valence-electron chi connectivity index (χ4n) is 2.59. The van der Waals surface area contributed by atoms with Gasteiger partial charge in [-0.2, -0.15) is 0 Å². The lowest BCUT2D eigenvalue weighted by Crippen LogP contribution is -2.12. The summed E-state index contributed by atoms with van der Waals surface area (Å²) in [5.74, 6) is 1.96. The van der Waals surface area contributed by atoms with Crippen LogP contribution >= 0.6 is 0 Å². The number of rotatable bonds is 7. The number of anilines is 1. The zero-order valence-corrected chi connectivity index (χ0v) is 15.3. The van der Waals surface area contributed by atoms with E-state index in [1.54, 1.807) is 56.7 Å². The summed E-state index contributed by atoms with van der Waals surface area (Å²) >= 11 is 0. The van der Waals surface area contributed by atoms with Crippen LogP contribution in [0.15, 0.2) is 72.8 Å². The van der Waals surface area contributed by atoms with Crippen molar-refractivity contribution in [2.45, 2.75) is 6.61 Å². The number of methoxy groups -OCH3 is 2. The minimum atomic E-state index is -0.205. The predicted molar refractivity (Wildman–Crippen MR) is 105 cm³/mol. The van der Waals surface area contributed by atoms with Crippen molar-refractivity contribution in [2.75, 3.05) is 19.5 Å². The van der Waals surface area contributed by atoms with E-state index in [1.165, 1.54) is 0 Å². The van der Waals surface area contributed by atoms with Gasteiger partial charge in [0.05, 0.1) is 14.2 Å². The molecule has 3 aromatic rings. The summed E-state index contributed by atoms with van der Waals surface area (Å²) in [6, 6.07) is 22.0. The van der Waals surface area contributed by atoms with Crippen LogP contribution in [0.4, 0.5) is 5.69 Å². The fourth-order valence-corrected chi connectivity index (χ4v) is 2.59. The van der Waals surface area contributed by atoms with Crippen LogP contribution in [0.1, 0.15) is 15.9 Å². The van der Waals surface area contributed by atoms with Crippen LogP contribution in [-0.2, 0) is 6.61 Å². The summed E-state index contributed by atoms with van der Waals surface area (Å²) in [6.45, 7) is 0.302. The highest BCUT2D eigenvalue weighted by molar-refractivity contribution is 6.04. The molecule has 0 aliphatic rings. The van der Waals surface area contributed by atoms with Crippen molar-refractivity contribution in [3.05, 3.63) is 83.9 Å². The molecule has 5 nitrogen and oxygen atoms in total. The number of para-hydroxylation sites is 1. The number of hydrogen-bond donors (Lipinski definition) is 1. The molecule has 27 heavy (non-hydrogen) atoms. The number of hydrogen-bond acceptors (Lipinski definition) is 4. The monoisotopic (exact) mass is 363 g/mol. The highest BCUT2D eigenvalue weighted by Crippen LogP contribution is 2.23. The first-order chi connectivity index (χ1) is 13.2. The maximum absolute atomic E-state index is 12.6. The van der Waals surface area contributed by atoms with Gasteiger partial charge in [0, 0.05) is 16.8 Å². The lowest BCUT2D eigenvalue weighted by atomic mass is 10.1. The number of carbonyl (C=O) groups is 1. The first-order valence-electron chi connectivity index (χ1n) is 8.50. The number of carbonyl (C=O) groups excluding carboxylic acids is 1. The third-order valence-electron chi connectivity index (χ3n) is 4.03. The van der Waals surface area contributed by atoms with Crippen LogP contribution in [0.5, 0.6) is 17.2 Å². The van der Waals surface area contributed by atoms with Gasteiger partial charge < -0.3 is 19.5 Å². The summed E-state index contributed by atoms with van der Waals surface area (Å²) in [5, 5.41) is 2.87. The van der Waals surface area contributed by atoms with Crippen LogP contribution in [0, 0.1) is 0 Å². The standard InChI is InChI=1S/C22H21NO4/c1-25-19-11-9-18(10-12-19)23-22(24)16-8-13-21(26-2)17(14-16)15-27-20-6-4-3-5-7-20/h3-14H,15H2,1-2H3,(H,23,24). The Bertz CT molecular complexity index is 892. The minimum Gasteiger partial charge on any atom is -0.497 e. The molecule has 5 heteroatoms. The lowest BCUT2D eigenvalue weighted by Gasteiger charge is -2.12. The molecule has 0 saturated carbocycles. The molecule has 0 radical (unpaired) electrons. The molecule has 0 aromatic heterocycles. The van der Waals surface area contributed by atoms with E-state index >= 15 is 0 Å². The van der Waals surface area contributed by atoms with Crippen LogP contribution in [-0.4, -0.2) is 20.1 Å². The first kappa shape index (κ1) is 18.3. The molecule has 0 aliphatic heterocycles. The molecular formula is C22H21NO4. The third-order valence-corrected chi connectivity index (χ3v) is 4.03. The van der Waals surface area contributed by atoms with Crippen LogP contribution in [0.3, 0.4) is 0 Å². The smallest absolute Gasteiger partial charge is 0.255 e. The van der Waals surface area contributed by atoms with E-state index in [9.17, 15) is 4.79 Å². The summed E-state index contributed by atoms with van der Waals surface area (Å²) in [4.78, 5) is 12.6. The zero-order valence-electron chi connectivity index (χ0n) is 15.3. The van der Waals surface area contributed by atoms with E-state index in [4.69, 9.17) is 14.2 Å². The maximum Gasteiger partial charge on any atom is 0.255 e. The fraction of sp³-hybridized carbons (Fsp3) is 0.136. The van der Waals surface area contributed by atoms with E-state index < -0.39 is 0 Å². The average molecular weight is 363 g/mol. The summed E-state index contributed by atoms with van der Waals surface area (Å²) in [5.41, 5.74) is 2.01. The lowest BCUT2D eigenvalue weighted by molar-refractivity contribution is 0.102. The normalized spacial score (nSPS) is 10.1. The quantitative estimate of drug-likeness (QED) is 0.670. The number of amides is 1. The molecular weight excluding hydrogens is 342 g/mol. The van der Waals surface area contributed by atoms with Crippen molar-refractivity contribution in [1.82, 2.24) is 0 Å². The van der Waals surface area contributed by atoms with E-state index in [-0.39, 0.29) is 5.91 Å². The molecule has 1 N–H and O–H groups in total. The van der Waals surface area contributed by atoms with Crippen molar-refractivity contribution in [3.63, 3.8) is 0 Å². The Hall–Kier alpha value is -3.47. The van der Waals surface area contributed by atoms with Gasteiger partial charge in [0.1, 0.15) is 23.9 Å². The van der Waals surface area contributed by atoms with Crippen molar-refractivity contribution < 1.29 is 19.0 Å². The van der Waals surface area contributed by atoms with E-state index in [2.05, 4.69) is 5.32 Å². The van der Waals surface area contributed by atoms with Gasteiger partial charge in [-0.05, 0) is 54.6 Å². The summed E-state index contributed by atoms with van der Waals surface area (Å²) in [6.07, 6.45) is 0. The largest absolute Gasteiger partial charge is 0.497 e. The molecule has 138 valence electrons. The second kappa shape index (κ2) is 8.76. The van der Waals surface area contributed by atoms with Gasteiger partial charge >= 0.3 is 0 Å². The second-order valence-corrected chi connectivity index (χ2v) is 5.81. The van der Waals surface area contributed by atoms with Gasteiger partial charge in [0.2, 0.25) is 0 Å². The van der Waals surface area contributed by atoms with Crippen LogP contribution < -0.4 is 19.5 Å². The first-order valence-corrected chi connectivity index (χ1v) is 8.50. The molecule has 0 aliphatic carbocycles. The number of nitrogens with one attached hydrogen (secondary N) is 1.